The molecule has 3 rings (SSSR count). The Kier molecular flexibility index (Phi) is 5.36. The summed E-state index contributed by atoms with van der Waals surface area (Å²) in [4.78, 5) is 4.34. The summed E-state index contributed by atoms with van der Waals surface area (Å²) in [7, 11) is 1.62. The molecule has 5 nitrogen and oxygen atoms in total. The van der Waals surface area contributed by atoms with Gasteiger partial charge < -0.3 is 14.0 Å². The second-order valence-corrected chi connectivity index (χ2v) is 5.55. The zero-order valence-electron chi connectivity index (χ0n) is 13.9. The smallest absolute Gasteiger partial charge is 0.269 e. The number of nitrogens with zero attached hydrogens (tertiary/aromatic N) is 2. The van der Waals surface area contributed by atoms with Crippen molar-refractivity contribution in [2.24, 2.45) is 0 Å². The highest BCUT2D eigenvalue weighted by Crippen LogP contribution is 2.25. The molecule has 0 aliphatic heterocycles. The Morgan fingerprint density at radius 1 is 1.08 bits per heavy atom. The third kappa shape index (κ3) is 4.19. The molecule has 1 aromatic heterocycles. The second-order valence-electron chi connectivity index (χ2n) is 5.15. The molecule has 0 aliphatic carbocycles. The van der Waals surface area contributed by atoms with Crippen LogP contribution < -0.4 is 9.47 Å². The molecule has 0 saturated heterocycles. The SMILES string of the molecule is CCOc1ccc(/C=C(\Cl)c2nc(-c3ccc(OC)cc3)no2)cc1. The first kappa shape index (κ1) is 17.0. The third-order valence-corrected chi connectivity index (χ3v) is 3.73. The van der Waals surface area contributed by atoms with Crippen LogP contribution in [0.2, 0.25) is 0 Å². The average Bonchev–Trinajstić information content (AvgIpc) is 3.14. The Hall–Kier alpha value is -2.79. The normalized spacial score (nSPS) is 11.4. The number of ether oxygens (including phenoxy) is 2. The fraction of sp³-hybridized carbons (Fsp3) is 0.158. The van der Waals surface area contributed by atoms with E-state index < -0.39 is 0 Å². The summed E-state index contributed by atoms with van der Waals surface area (Å²) < 4.78 is 15.8. The Bertz CT molecular complexity index is 855. The monoisotopic (exact) mass is 356 g/mol. The van der Waals surface area contributed by atoms with Crippen molar-refractivity contribution in [3.63, 3.8) is 0 Å². The van der Waals surface area contributed by atoms with Crippen LogP contribution in [0.5, 0.6) is 11.5 Å². The quantitative estimate of drug-likeness (QED) is 0.630. The molecule has 2 aromatic carbocycles. The minimum Gasteiger partial charge on any atom is -0.497 e. The lowest BCUT2D eigenvalue weighted by molar-refractivity contribution is 0.340. The summed E-state index contributed by atoms with van der Waals surface area (Å²) in [5, 5.41) is 4.34. The van der Waals surface area contributed by atoms with E-state index in [0.29, 0.717) is 17.5 Å². The average molecular weight is 357 g/mol. The van der Waals surface area contributed by atoms with Crippen molar-refractivity contribution in [2.75, 3.05) is 13.7 Å². The van der Waals surface area contributed by atoms with Crippen LogP contribution in [0.25, 0.3) is 22.5 Å². The van der Waals surface area contributed by atoms with Crippen molar-refractivity contribution in [1.29, 1.82) is 0 Å². The van der Waals surface area contributed by atoms with Gasteiger partial charge in [0.15, 0.2) is 0 Å². The summed E-state index contributed by atoms with van der Waals surface area (Å²) in [6, 6.07) is 15.0. The van der Waals surface area contributed by atoms with Gasteiger partial charge in [-0.25, -0.2) is 0 Å². The number of hydrogen-bond donors (Lipinski definition) is 0. The standard InChI is InChI=1S/C19H17ClN2O3/c1-3-24-16-8-4-13(5-9-16)12-17(20)19-21-18(22-25-19)14-6-10-15(23-2)11-7-14/h4-12H,3H2,1-2H3/b17-12-. The number of hydrogen-bond acceptors (Lipinski definition) is 5. The minimum absolute atomic E-state index is 0.265. The fourth-order valence-electron chi connectivity index (χ4n) is 2.21. The second kappa shape index (κ2) is 7.85. The van der Waals surface area contributed by atoms with Crippen LogP contribution in [0.4, 0.5) is 0 Å². The third-order valence-electron chi connectivity index (χ3n) is 3.46. The van der Waals surface area contributed by atoms with Crippen molar-refractivity contribution < 1.29 is 14.0 Å². The van der Waals surface area contributed by atoms with Gasteiger partial charge in [0.25, 0.3) is 5.89 Å². The molecule has 0 spiro atoms. The molecule has 25 heavy (non-hydrogen) atoms. The maximum Gasteiger partial charge on any atom is 0.269 e. The van der Waals surface area contributed by atoms with Crippen LogP contribution in [0, 0.1) is 0 Å². The highest BCUT2D eigenvalue weighted by Gasteiger charge is 2.11. The lowest BCUT2D eigenvalue weighted by Gasteiger charge is -2.02. The minimum atomic E-state index is 0.265. The molecule has 0 bridgehead atoms. The molecule has 0 atom stereocenters. The molecule has 0 amide bonds. The van der Waals surface area contributed by atoms with Crippen molar-refractivity contribution in [3.05, 3.63) is 60.0 Å². The van der Waals surface area contributed by atoms with Gasteiger partial charge in [-0.1, -0.05) is 28.9 Å². The van der Waals surface area contributed by atoms with Crippen molar-refractivity contribution in [2.45, 2.75) is 6.92 Å². The Morgan fingerprint density at radius 2 is 1.76 bits per heavy atom. The Balaban J connectivity index is 1.78. The molecule has 6 heteroatoms. The molecular weight excluding hydrogens is 340 g/mol. The van der Waals surface area contributed by atoms with E-state index in [1.54, 1.807) is 13.2 Å². The van der Waals surface area contributed by atoms with Gasteiger partial charge in [-0.3, -0.25) is 0 Å². The van der Waals surface area contributed by atoms with Gasteiger partial charge in [0.05, 0.1) is 13.7 Å². The Morgan fingerprint density at radius 3 is 2.40 bits per heavy atom. The van der Waals surface area contributed by atoms with E-state index in [1.807, 2.05) is 55.5 Å². The topological polar surface area (TPSA) is 57.4 Å². The summed E-state index contributed by atoms with van der Waals surface area (Å²) in [6.07, 6.45) is 1.77. The molecule has 0 aliphatic rings. The maximum atomic E-state index is 6.30. The molecule has 3 aromatic rings. The largest absolute Gasteiger partial charge is 0.497 e. The van der Waals surface area contributed by atoms with E-state index in [0.717, 1.165) is 22.6 Å². The van der Waals surface area contributed by atoms with Crippen molar-refractivity contribution in [1.82, 2.24) is 10.1 Å². The first-order valence-corrected chi connectivity index (χ1v) is 8.16. The van der Waals surface area contributed by atoms with E-state index in [4.69, 9.17) is 25.6 Å². The first-order valence-electron chi connectivity index (χ1n) is 7.78. The van der Waals surface area contributed by atoms with Gasteiger partial charge >= 0.3 is 0 Å². The molecular formula is C19H17ClN2O3. The first-order chi connectivity index (χ1) is 12.2. The molecule has 0 fully saturated rings. The molecule has 0 unspecified atom stereocenters. The highest BCUT2D eigenvalue weighted by atomic mass is 35.5. The predicted molar refractivity (Wildman–Crippen MR) is 97.6 cm³/mol. The summed E-state index contributed by atoms with van der Waals surface area (Å²) in [5.74, 6) is 2.31. The van der Waals surface area contributed by atoms with Crippen LogP contribution in [0.3, 0.4) is 0 Å². The van der Waals surface area contributed by atoms with Crippen molar-refractivity contribution in [3.8, 4) is 22.9 Å². The van der Waals surface area contributed by atoms with Gasteiger partial charge in [-0.15, -0.1) is 0 Å². The van der Waals surface area contributed by atoms with Gasteiger partial charge in [0.1, 0.15) is 16.5 Å². The van der Waals surface area contributed by atoms with Crippen molar-refractivity contribution >= 4 is 22.7 Å². The maximum absolute atomic E-state index is 6.30. The van der Waals surface area contributed by atoms with Gasteiger partial charge in [0.2, 0.25) is 5.82 Å². The molecule has 128 valence electrons. The number of halogens is 1. The number of methoxy groups -OCH3 is 1. The van der Waals surface area contributed by atoms with E-state index >= 15 is 0 Å². The Labute approximate surface area is 150 Å². The van der Waals surface area contributed by atoms with Crippen LogP contribution in [0.1, 0.15) is 18.4 Å². The van der Waals surface area contributed by atoms with E-state index in [2.05, 4.69) is 10.1 Å². The van der Waals surface area contributed by atoms with Crippen LogP contribution in [-0.2, 0) is 0 Å². The number of aromatic nitrogens is 2. The molecule has 0 N–H and O–H groups in total. The number of rotatable bonds is 6. The highest BCUT2D eigenvalue weighted by molar-refractivity contribution is 6.50. The van der Waals surface area contributed by atoms with E-state index in [9.17, 15) is 0 Å². The molecule has 0 saturated carbocycles. The van der Waals surface area contributed by atoms with E-state index in [-0.39, 0.29) is 5.89 Å². The predicted octanol–water partition coefficient (Wildman–Crippen LogP) is 4.88. The van der Waals surface area contributed by atoms with Crippen LogP contribution in [0.15, 0.2) is 53.1 Å². The van der Waals surface area contributed by atoms with Crippen LogP contribution in [-0.4, -0.2) is 23.9 Å². The van der Waals surface area contributed by atoms with E-state index in [1.165, 1.54) is 0 Å². The zero-order valence-corrected chi connectivity index (χ0v) is 14.7. The summed E-state index contributed by atoms with van der Waals surface area (Å²) >= 11 is 6.30. The fourth-order valence-corrected chi connectivity index (χ4v) is 2.42. The van der Waals surface area contributed by atoms with Gasteiger partial charge in [0, 0.05) is 5.56 Å². The van der Waals surface area contributed by atoms with Crippen LogP contribution >= 0.6 is 11.6 Å². The number of benzene rings is 2. The summed E-state index contributed by atoms with van der Waals surface area (Å²) in [6.45, 7) is 2.58. The molecule has 1 heterocycles. The lowest BCUT2D eigenvalue weighted by atomic mass is 10.2. The summed E-state index contributed by atoms with van der Waals surface area (Å²) in [5.41, 5.74) is 1.74. The van der Waals surface area contributed by atoms with Gasteiger partial charge in [-0.05, 0) is 55.0 Å². The molecule has 0 radical (unpaired) electrons. The lowest BCUT2D eigenvalue weighted by Crippen LogP contribution is -1.90. The van der Waals surface area contributed by atoms with Gasteiger partial charge in [-0.2, -0.15) is 4.98 Å². The zero-order chi connectivity index (χ0) is 17.6.